The fourth-order valence-corrected chi connectivity index (χ4v) is 5.60. The first kappa shape index (κ1) is 31.3. The number of carboxylic acids is 1. The molecule has 1 aromatic carbocycles. The van der Waals surface area contributed by atoms with Gasteiger partial charge >= 0.3 is 11.9 Å². The van der Waals surface area contributed by atoms with Gasteiger partial charge in [-0.15, -0.1) is 5.92 Å². The van der Waals surface area contributed by atoms with Gasteiger partial charge in [0.2, 0.25) is 5.90 Å². The molecule has 0 spiro atoms. The van der Waals surface area contributed by atoms with Gasteiger partial charge in [-0.1, -0.05) is 25.0 Å². The van der Waals surface area contributed by atoms with E-state index in [1.54, 1.807) is 19.2 Å². The number of nitrogens with one attached hydrogen (secondary N) is 2. The van der Waals surface area contributed by atoms with Gasteiger partial charge < -0.3 is 15.2 Å². The largest absolute Gasteiger partial charge is 0.481 e. The Morgan fingerprint density at radius 2 is 1.81 bits per heavy atom. The molecule has 2 aliphatic rings. The summed E-state index contributed by atoms with van der Waals surface area (Å²) >= 11 is 0. The number of nitrogens with zero attached hydrogens (tertiary/aromatic N) is 2. The van der Waals surface area contributed by atoms with E-state index in [1.165, 1.54) is 4.90 Å². The van der Waals surface area contributed by atoms with Gasteiger partial charge in [0.25, 0.3) is 0 Å². The van der Waals surface area contributed by atoms with Gasteiger partial charge in [0.15, 0.2) is 0 Å². The lowest BCUT2D eigenvalue weighted by atomic mass is 9.43. The van der Waals surface area contributed by atoms with Crippen LogP contribution >= 0.6 is 0 Å². The molecule has 2 aliphatic carbocycles. The second kappa shape index (κ2) is 11.9. The van der Waals surface area contributed by atoms with Crippen LogP contribution in [0, 0.1) is 42.4 Å². The highest BCUT2D eigenvalue weighted by atomic mass is 16.5. The van der Waals surface area contributed by atoms with Crippen molar-refractivity contribution >= 4 is 58.5 Å². The second-order valence-electron chi connectivity index (χ2n) is 12.1. The van der Waals surface area contributed by atoms with Crippen LogP contribution in [0.3, 0.4) is 0 Å². The molecule has 11 heteroatoms. The quantitative estimate of drug-likeness (QED) is 0.199. The number of rotatable bonds is 7. The van der Waals surface area contributed by atoms with Gasteiger partial charge in [-0.25, -0.2) is 4.98 Å². The first-order valence-electron chi connectivity index (χ1n) is 14.1. The minimum Gasteiger partial charge on any atom is -0.481 e. The summed E-state index contributed by atoms with van der Waals surface area (Å²) < 4.78 is 6.09. The summed E-state index contributed by atoms with van der Waals surface area (Å²) in [6, 6.07) is 7.45. The number of anilines is 3. The number of aryl methyl sites for hydroxylation is 2. The Kier molecular flexibility index (Phi) is 8.87. The van der Waals surface area contributed by atoms with E-state index in [-0.39, 0.29) is 23.5 Å². The third kappa shape index (κ3) is 7.03. The molecule has 6 radical (unpaired) electrons. The fourth-order valence-electron chi connectivity index (χ4n) is 5.60. The van der Waals surface area contributed by atoms with Crippen molar-refractivity contribution in [3.05, 3.63) is 46.6 Å². The van der Waals surface area contributed by atoms with Crippen LogP contribution in [0.4, 0.5) is 17.2 Å². The zero-order valence-corrected chi connectivity index (χ0v) is 24.9. The molecule has 42 heavy (non-hydrogen) atoms. The summed E-state index contributed by atoms with van der Waals surface area (Å²) in [6.07, 6.45) is 3.11. The Bertz CT molecular complexity index is 1470. The monoisotopic (exact) mass is 560 g/mol. The van der Waals surface area contributed by atoms with Crippen LogP contribution in [0.25, 0.3) is 0 Å². The van der Waals surface area contributed by atoms with Gasteiger partial charge in [0.1, 0.15) is 17.6 Å². The predicted octanol–water partition coefficient (Wildman–Crippen LogP) is 4.49. The molecule has 0 saturated heterocycles. The van der Waals surface area contributed by atoms with Crippen LogP contribution in [-0.4, -0.2) is 64.6 Å². The first-order valence-corrected chi connectivity index (χ1v) is 14.1. The molecule has 2 unspecified atom stereocenters. The van der Waals surface area contributed by atoms with Crippen LogP contribution in [-0.2, 0) is 14.3 Å². The summed E-state index contributed by atoms with van der Waals surface area (Å²) in [4.78, 5) is 31.6. The Morgan fingerprint density at radius 3 is 2.38 bits per heavy atom. The van der Waals surface area contributed by atoms with Crippen molar-refractivity contribution in [2.75, 3.05) is 17.3 Å². The molecule has 212 valence electrons. The number of benzene rings is 1. The topological polar surface area (TPSA) is 116 Å². The number of carboxylic acid groups (broad SMARTS) is 1. The van der Waals surface area contributed by atoms with Crippen molar-refractivity contribution in [2.45, 2.75) is 76.9 Å². The number of carbonyl (C=O) groups is 2. The average molecular weight is 560 g/mol. The molecule has 3 N–H and O–H groups in total. The molecular weight excluding hydrogens is 525 g/mol. The van der Waals surface area contributed by atoms with Gasteiger partial charge in [-0.3, -0.25) is 19.9 Å². The molecule has 1 heterocycles. The molecule has 1 amide bonds. The predicted molar refractivity (Wildman–Crippen MR) is 167 cm³/mol. The molecule has 2 aromatic rings. The van der Waals surface area contributed by atoms with E-state index < -0.39 is 28.3 Å². The number of aromatic nitrogens is 1. The van der Waals surface area contributed by atoms with Crippen molar-refractivity contribution in [1.29, 1.82) is 5.41 Å². The van der Waals surface area contributed by atoms with Crippen molar-refractivity contribution in [2.24, 2.45) is 11.3 Å². The molecular formula is C31H35B3N4O4. The van der Waals surface area contributed by atoms with Crippen LogP contribution in [0.2, 0.25) is 5.11 Å². The third-order valence-corrected chi connectivity index (χ3v) is 8.14. The molecule has 2 atom stereocenters. The van der Waals surface area contributed by atoms with Crippen LogP contribution in [0.15, 0.2) is 24.3 Å². The lowest BCUT2D eigenvalue weighted by Crippen LogP contribution is -2.40. The number of hydrogen-bond acceptors (Lipinski definition) is 6. The van der Waals surface area contributed by atoms with Crippen LogP contribution in [0.5, 0.6) is 0 Å². The summed E-state index contributed by atoms with van der Waals surface area (Å²) in [5.74, 6) is 3.34. The Hall–Kier alpha value is -3.67. The lowest BCUT2D eigenvalue weighted by molar-refractivity contribution is -0.149. The van der Waals surface area contributed by atoms with Gasteiger partial charge in [-0.05, 0) is 98.1 Å². The molecule has 1 aromatic heterocycles. The van der Waals surface area contributed by atoms with E-state index in [9.17, 15) is 14.7 Å². The first-order chi connectivity index (χ1) is 19.6. The van der Waals surface area contributed by atoms with E-state index in [0.29, 0.717) is 36.6 Å². The summed E-state index contributed by atoms with van der Waals surface area (Å²) in [5, 5.41) is 19.7. The number of ether oxygens (including phenoxy) is 1. The fraction of sp³-hybridized carbons (Fsp3) is 0.484. The normalized spacial score (nSPS) is 19.6. The highest BCUT2D eigenvalue weighted by molar-refractivity contribution is 6.61. The Labute approximate surface area is 252 Å². The van der Waals surface area contributed by atoms with E-state index in [2.05, 4.69) is 23.2 Å². The average Bonchev–Trinajstić information content (AvgIpc) is 3.73. The maximum Gasteiger partial charge on any atom is 0.308 e. The third-order valence-electron chi connectivity index (χ3n) is 8.14. The number of pyridine rings is 1. The van der Waals surface area contributed by atoms with Crippen molar-refractivity contribution < 1.29 is 19.4 Å². The molecule has 0 bridgehead atoms. The Balaban J connectivity index is 1.75. The standard InChI is InChI=1S/C31H35B3N4O4/c1-17-14-21(19-6-7-19)24(15-18(17)2)38(26(39)12-13-31(32,33)34)25-11-10-23(36-5)27(37-25)28(35)42-20-8-9-22(29(40)41)30(3,4)16-20/h10-11,14-15,19-20,22,35-36H,6-9,16H2,1-5H3,(H,40,41). The molecule has 2 saturated carbocycles. The zero-order valence-electron chi connectivity index (χ0n) is 24.9. The lowest BCUT2D eigenvalue weighted by Gasteiger charge is -2.40. The molecule has 2 fully saturated rings. The Morgan fingerprint density at radius 1 is 1.14 bits per heavy atom. The highest BCUT2D eigenvalue weighted by Crippen LogP contribution is 2.47. The zero-order chi connectivity index (χ0) is 31.0. The molecule has 4 rings (SSSR count). The van der Waals surface area contributed by atoms with Gasteiger partial charge in [0.05, 0.1) is 40.8 Å². The van der Waals surface area contributed by atoms with E-state index in [1.807, 2.05) is 33.8 Å². The van der Waals surface area contributed by atoms with E-state index in [4.69, 9.17) is 38.7 Å². The van der Waals surface area contributed by atoms with Crippen LogP contribution < -0.4 is 10.2 Å². The van der Waals surface area contributed by atoms with Gasteiger partial charge in [-0.2, -0.15) is 0 Å². The SMILES string of the molecule is [B]C([B])([B])C#CC(=O)N(c1ccc(NC)c(C(=N)OC2CCC(C(=O)O)C(C)(C)C2)n1)c1cc(C)c(C)cc1C1CC1. The minimum atomic E-state index is -1.86. The maximum atomic E-state index is 13.7. The van der Waals surface area contributed by atoms with Crippen molar-refractivity contribution in [3.63, 3.8) is 0 Å². The summed E-state index contributed by atoms with van der Waals surface area (Å²) in [5.41, 5.74) is 4.01. The minimum absolute atomic E-state index is 0.179. The van der Waals surface area contributed by atoms with Crippen molar-refractivity contribution in [1.82, 2.24) is 4.98 Å². The van der Waals surface area contributed by atoms with Crippen molar-refractivity contribution in [3.8, 4) is 11.8 Å². The number of hydrogen-bond donors (Lipinski definition) is 3. The molecule has 8 nitrogen and oxygen atoms in total. The molecule has 0 aliphatic heterocycles. The highest BCUT2D eigenvalue weighted by Gasteiger charge is 2.42. The number of carbonyl (C=O) groups excluding carboxylic acids is 1. The number of aliphatic carboxylic acids is 1. The number of amides is 1. The maximum absolute atomic E-state index is 13.7. The smallest absolute Gasteiger partial charge is 0.308 e. The van der Waals surface area contributed by atoms with Crippen LogP contribution in [0.1, 0.15) is 74.3 Å². The van der Waals surface area contributed by atoms with Gasteiger partial charge in [0, 0.05) is 7.05 Å². The summed E-state index contributed by atoms with van der Waals surface area (Å²) in [6.45, 7) is 7.83. The summed E-state index contributed by atoms with van der Waals surface area (Å²) in [7, 11) is 18.6. The van der Waals surface area contributed by atoms with E-state index in [0.717, 1.165) is 29.5 Å². The van der Waals surface area contributed by atoms with E-state index >= 15 is 0 Å². The second-order valence-corrected chi connectivity index (χ2v) is 12.1.